The second kappa shape index (κ2) is 11.2. The standard InChI is InChI=1S/C27H27ClF3NO4/c1-16(2)18-6-11-25(36-3)23(13-18)22-10-7-20(27(29,30)31)12-19(22)14-32(26(34)35)15-24(33)17-4-8-21(28)9-5-17/h4-13,16,24,33H,14-15H2,1-3H3,(H,34,35). The van der Waals surface area contributed by atoms with Gasteiger partial charge in [-0.25, -0.2) is 4.79 Å². The van der Waals surface area contributed by atoms with E-state index in [1.807, 2.05) is 26.0 Å². The maximum Gasteiger partial charge on any atom is 0.416 e. The Labute approximate surface area is 212 Å². The fraction of sp³-hybridized carbons (Fsp3) is 0.296. The zero-order chi connectivity index (χ0) is 26.6. The van der Waals surface area contributed by atoms with Crippen LogP contribution >= 0.6 is 11.6 Å². The van der Waals surface area contributed by atoms with Crippen LogP contribution in [0.15, 0.2) is 60.7 Å². The first-order valence-corrected chi connectivity index (χ1v) is 11.6. The van der Waals surface area contributed by atoms with Crippen LogP contribution in [-0.4, -0.2) is 34.9 Å². The molecule has 5 nitrogen and oxygen atoms in total. The smallest absolute Gasteiger partial charge is 0.416 e. The average molecular weight is 522 g/mol. The Morgan fingerprint density at radius 2 is 1.64 bits per heavy atom. The maximum atomic E-state index is 13.6. The van der Waals surface area contributed by atoms with E-state index in [-0.39, 0.29) is 24.6 Å². The van der Waals surface area contributed by atoms with Crippen LogP contribution in [0.5, 0.6) is 5.75 Å². The lowest BCUT2D eigenvalue weighted by molar-refractivity contribution is -0.137. The van der Waals surface area contributed by atoms with Crippen molar-refractivity contribution in [3.63, 3.8) is 0 Å². The Bertz CT molecular complexity index is 1210. The average Bonchev–Trinajstić information content (AvgIpc) is 2.82. The monoisotopic (exact) mass is 521 g/mol. The number of benzene rings is 3. The molecule has 0 saturated carbocycles. The van der Waals surface area contributed by atoms with Gasteiger partial charge in [0.15, 0.2) is 0 Å². The van der Waals surface area contributed by atoms with Gasteiger partial charge in [-0.3, -0.25) is 0 Å². The molecule has 0 bridgehead atoms. The quantitative estimate of drug-likeness (QED) is 0.324. The highest BCUT2D eigenvalue weighted by Gasteiger charge is 2.32. The molecule has 0 radical (unpaired) electrons. The summed E-state index contributed by atoms with van der Waals surface area (Å²) in [5, 5.41) is 20.9. The van der Waals surface area contributed by atoms with Crippen LogP contribution < -0.4 is 4.74 Å². The van der Waals surface area contributed by atoms with E-state index in [1.54, 1.807) is 30.3 Å². The van der Waals surface area contributed by atoms with Crippen molar-refractivity contribution in [2.75, 3.05) is 13.7 Å². The molecule has 0 aliphatic carbocycles. The molecule has 1 unspecified atom stereocenters. The third-order valence-electron chi connectivity index (χ3n) is 5.89. The zero-order valence-corrected chi connectivity index (χ0v) is 20.8. The molecule has 0 fully saturated rings. The second-order valence-electron chi connectivity index (χ2n) is 8.71. The highest BCUT2D eigenvalue weighted by Crippen LogP contribution is 2.39. The topological polar surface area (TPSA) is 70.0 Å². The molecule has 0 spiro atoms. The van der Waals surface area contributed by atoms with E-state index in [4.69, 9.17) is 16.3 Å². The van der Waals surface area contributed by atoms with E-state index in [2.05, 4.69) is 0 Å². The summed E-state index contributed by atoms with van der Waals surface area (Å²) >= 11 is 5.87. The summed E-state index contributed by atoms with van der Waals surface area (Å²) < 4.78 is 46.2. The number of hydrogen-bond donors (Lipinski definition) is 2. The number of amides is 1. The molecule has 192 valence electrons. The molecule has 0 saturated heterocycles. The van der Waals surface area contributed by atoms with Crippen LogP contribution in [0, 0.1) is 0 Å². The van der Waals surface area contributed by atoms with Crippen molar-refractivity contribution in [3.8, 4) is 16.9 Å². The number of alkyl halides is 3. The molecule has 1 amide bonds. The predicted octanol–water partition coefficient (Wildman–Crippen LogP) is 7.37. The van der Waals surface area contributed by atoms with Gasteiger partial charge in [0.1, 0.15) is 5.75 Å². The molecule has 9 heteroatoms. The summed E-state index contributed by atoms with van der Waals surface area (Å²) in [4.78, 5) is 13.0. The van der Waals surface area contributed by atoms with Crippen molar-refractivity contribution in [2.24, 2.45) is 0 Å². The maximum absolute atomic E-state index is 13.6. The van der Waals surface area contributed by atoms with Crippen LogP contribution in [0.4, 0.5) is 18.0 Å². The Kier molecular flexibility index (Phi) is 8.53. The lowest BCUT2D eigenvalue weighted by atomic mass is 9.92. The molecule has 3 aromatic carbocycles. The number of hydrogen-bond acceptors (Lipinski definition) is 3. The molecular weight excluding hydrogens is 495 g/mol. The predicted molar refractivity (Wildman–Crippen MR) is 132 cm³/mol. The van der Waals surface area contributed by atoms with Crippen LogP contribution in [0.1, 0.15) is 48.1 Å². The number of rotatable bonds is 8. The van der Waals surface area contributed by atoms with Gasteiger partial charge in [-0.1, -0.05) is 49.7 Å². The third-order valence-corrected chi connectivity index (χ3v) is 6.14. The van der Waals surface area contributed by atoms with Gasteiger partial charge >= 0.3 is 12.3 Å². The molecule has 3 aromatic rings. The molecule has 2 N–H and O–H groups in total. The SMILES string of the molecule is COc1ccc(C(C)C)cc1-c1ccc(C(F)(F)F)cc1CN(CC(O)c1ccc(Cl)cc1)C(=O)O. The van der Waals surface area contributed by atoms with E-state index >= 15 is 0 Å². The first kappa shape index (κ1) is 27.4. The Morgan fingerprint density at radius 3 is 2.19 bits per heavy atom. The summed E-state index contributed by atoms with van der Waals surface area (Å²) in [5.41, 5.74) is 1.58. The minimum absolute atomic E-state index is 0.134. The van der Waals surface area contributed by atoms with E-state index in [0.29, 0.717) is 27.5 Å². The molecule has 0 aliphatic heterocycles. The number of nitrogens with zero attached hydrogens (tertiary/aromatic N) is 1. The van der Waals surface area contributed by atoms with Crippen molar-refractivity contribution in [1.82, 2.24) is 4.90 Å². The fourth-order valence-corrected chi connectivity index (χ4v) is 4.00. The van der Waals surface area contributed by atoms with Crippen molar-refractivity contribution in [2.45, 2.75) is 38.6 Å². The summed E-state index contributed by atoms with van der Waals surface area (Å²) in [6.45, 7) is 3.25. The zero-order valence-electron chi connectivity index (χ0n) is 20.0. The normalized spacial score (nSPS) is 12.5. The van der Waals surface area contributed by atoms with Crippen molar-refractivity contribution < 1.29 is 32.9 Å². The van der Waals surface area contributed by atoms with Crippen molar-refractivity contribution >= 4 is 17.7 Å². The number of carbonyl (C=O) groups is 1. The van der Waals surface area contributed by atoms with Gasteiger partial charge in [-0.2, -0.15) is 13.2 Å². The fourth-order valence-electron chi connectivity index (χ4n) is 3.87. The van der Waals surface area contributed by atoms with E-state index < -0.39 is 23.9 Å². The van der Waals surface area contributed by atoms with Gasteiger partial charge in [0.05, 0.1) is 25.3 Å². The van der Waals surface area contributed by atoms with Gasteiger partial charge in [-0.15, -0.1) is 0 Å². The minimum atomic E-state index is -4.62. The van der Waals surface area contributed by atoms with Crippen LogP contribution in [0.25, 0.3) is 11.1 Å². The summed E-state index contributed by atoms with van der Waals surface area (Å²) in [6.07, 6.45) is -7.20. The Hall–Kier alpha value is -3.23. The molecule has 0 heterocycles. The van der Waals surface area contributed by atoms with Gasteiger partial charge in [0.25, 0.3) is 0 Å². The van der Waals surface area contributed by atoms with Gasteiger partial charge in [0, 0.05) is 17.1 Å². The summed E-state index contributed by atoms with van der Waals surface area (Å²) in [7, 11) is 1.46. The first-order valence-electron chi connectivity index (χ1n) is 11.2. The largest absolute Gasteiger partial charge is 0.496 e. The highest BCUT2D eigenvalue weighted by atomic mass is 35.5. The number of methoxy groups -OCH3 is 1. The lowest BCUT2D eigenvalue weighted by Gasteiger charge is -2.25. The Morgan fingerprint density at radius 1 is 1.00 bits per heavy atom. The third kappa shape index (κ3) is 6.50. The van der Waals surface area contributed by atoms with Gasteiger partial charge in [-0.05, 0) is 64.6 Å². The number of aliphatic hydroxyl groups excluding tert-OH is 1. The van der Waals surface area contributed by atoms with E-state index in [0.717, 1.165) is 22.6 Å². The molecule has 36 heavy (non-hydrogen) atoms. The van der Waals surface area contributed by atoms with Crippen LogP contribution in [-0.2, 0) is 12.7 Å². The van der Waals surface area contributed by atoms with Crippen LogP contribution in [0.3, 0.4) is 0 Å². The molecule has 3 rings (SSSR count). The van der Waals surface area contributed by atoms with Gasteiger partial charge < -0.3 is 19.8 Å². The van der Waals surface area contributed by atoms with Crippen molar-refractivity contribution in [1.29, 1.82) is 0 Å². The summed E-state index contributed by atoms with van der Waals surface area (Å²) in [5.74, 6) is 0.598. The minimum Gasteiger partial charge on any atom is -0.496 e. The lowest BCUT2D eigenvalue weighted by Crippen LogP contribution is -2.33. The Balaban J connectivity index is 2.07. The molecule has 0 aromatic heterocycles. The first-order chi connectivity index (χ1) is 16.9. The highest BCUT2D eigenvalue weighted by molar-refractivity contribution is 6.30. The number of ether oxygens (including phenoxy) is 1. The van der Waals surface area contributed by atoms with Crippen LogP contribution in [0.2, 0.25) is 5.02 Å². The number of carboxylic acid groups (broad SMARTS) is 1. The van der Waals surface area contributed by atoms with E-state index in [9.17, 15) is 28.2 Å². The molecular formula is C27H27ClF3NO4. The van der Waals surface area contributed by atoms with Gasteiger partial charge in [0.2, 0.25) is 0 Å². The molecule has 1 atom stereocenters. The summed E-state index contributed by atoms with van der Waals surface area (Å²) in [6, 6.07) is 14.9. The van der Waals surface area contributed by atoms with Crippen molar-refractivity contribution in [3.05, 3.63) is 87.9 Å². The second-order valence-corrected chi connectivity index (χ2v) is 9.15. The van der Waals surface area contributed by atoms with E-state index in [1.165, 1.54) is 13.2 Å². The molecule has 0 aliphatic rings. The number of aliphatic hydroxyl groups is 1. The number of halogens is 4.